The Bertz CT molecular complexity index is 1200. The quantitative estimate of drug-likeness (QED) is 0.309. The minimum Gasteiger partial charge on any atom is -0.496 e. The van der Waals surface area contributed by atoms with Crippen LogP contribution in [0.3, 0.4) is 0 Å². The first-order valence-corrected chi connectivity index (χ1v) is 9.84. The third-order valence-corrected chi connectivity index (χ3v) is 4.82. The van der Waals surface area contributed by atoms with Crippen molar-refractivity contribution in [3.63, 3.8) is 0 Å². The van der Waals surface area contributed by atoms with Crippen molar-refractivity contribution in [2.75, 3.05) is 14.2 Å². The molecule has 1 aliphatic rings. The summed E-state index contributed by atoms with van der Waals surface area (Å²) in [6, 6.07) is 19.3. The Morgan fingerprint density at radius 2 is 1.62 bits per heavy atom. The van der Waals surface area contributed by atoms with Crippen molar-refractivity contribution in [1.29, 1.82) is 0 Å². The lowest BCUT2D eigenvalue weighted by atomic mass is 10.1. The molecule has 0 spiro atoms. The highest BCUT2D eigenvalue weighted by Gasteiger charge is 2.28. The van der Waals surface area contributed by atoms with Gasteiger partial charge in [-0.2, -0.15) is 0 Å². The summed E-state index contributed by atoms with van der Waals surface area (Å²) in [5.74, 6) is 0.533. The Balaban J connectivity index is 1.53. The first-order chi connectivity index (χ1) is 15.6. The minimum atomic E-state index is -0.648. The molecule has 160 valence electrons. The van der Waals surface area contributed by atoms with Gasteiger partial charge in [-0.1, -0.05) is 48.6 Å². The average molecular weight is 428 g/mol. The fourth-order valence-electron chi connectivity index (χ4n) is 3.27. The molecule has 3 aromatic rings. The molecule has 6 nitrogen and oxygen atoms in total. The van der Waals surface area contributed by atoms with Gasteiger partial charge in [0.2, 0.25) is 5.78 Å². The summed E-state index contributed by atoms with van der Waals surface area (Å²) < 4.78 is 21.7. The van der Waals surface area contributed by atoms with Crippen molar-refractivity contribution < 1.29 is 28.5 Å². The summed E-state index contributed by atoms with van der Waals surface area (Å²) in [5.41, 5.74) is 1.58. The zero-order valence-corrected chi connectivity index (χ0v) is 17.5. The Morgan fingerprint density at radius 1 is 0.906 bits per heavy atom. The predicted octanol–water partition coefficient (Wildman–Crippen LogP) is 5.10. The molecule has 32 heavy (non-hydrogen) atoms. The number of carbonyl (C=O) groups excluding carboxylic acids is 2. The lowest BCUT2D eigenvalue weighted by Crippen LogP contribution is -2.12. The fourth-order valence-corrected chi connectivity index (χ4v) is 3.27. The van der Waals surface area contributed by atoms with E-state index in [0.29, 0.717) is 22.8 Å². The number of methoxy groups -OCH3 is 2. The highest BCUT2D eigenvalue weighted by atomic mass is 16.5. The second-order valence-electron chi connectivity index (χ2n) is 6.82. The van der Waals surface area contributed by atoms with E-state index in [1.165, 1.54) is 20.3 Å². The largest absolute Gasteiger partial charge is 0.496 e. The average Bonchev–Trinajstić information content (AvgIpc) is 3.13. The first kappa shape index (κ1) is 20.9. The highest BCUT2D eigenvalue weighted by Crippen LogP contribution is 2.35. The molecule has 0 aliphatic carbocycles. The summed E-state index contributed by atoms with van der Waals surface area (Å²) in [7, 11) is 2.92. The van der Waals surface area contributed by atoms with Gasteiger partial charge in [-0.25, -0.2) is 4.79 Å². The van der Waals surface area contributed by atoms with Crippen molar-refractivity contribution in [3.05, 3.63) is 101 Å². The second-order valence-corrected chi connectivity index (χ2v) is 6.82. The second kappa shape index (κ2) is 9.22. The summed E-state index contributed by atoms with van der Waals surface area (Å²) >= 11 is 0. The molecule has 0 fully saturated rings. The van der Waals surface area contributed by atoms with E-state index in [1.54, 1.807) is 42.5 Å². The molecule has 6 heteroatoms. The van der Waals surface area contributed by atoms with Crippen molar-refractivity contribution in [2.45, 2.75) is 0 Å². The van der Waals surface area contributed by atoms with Crippen molar-refractivity contribution >= 4 is 17.8 Å². The van der Waals surface area contributed by atoms with Crippen LogP contribution in [0.25, 0.3) is 6.08 Å². The number of ketones is 1. The molecular formula is C26H20O6. The maximum Gasteiger partial charge on any atom is 0.351 e. The molecule has 1 aliphatic heterocycles. The molecule has 0 unspecified atom stereocenters. The van der Waals surface area contributed by atoms with Crippen LogP contribution in [0.2, 0.25) is 0 Å². The van der Waals surface area contributed by atoms with Crippen molar-refractivity contribution in [2.24, 2.45) is 0 Å². The Hall–Kier alpha value is -4.32. The van der Waals surface area contributed by atoms with Crippen LogP contribution < -0.4 is 18.9 Å². The maximum absolute atomic E-state index is 12.8. The standard InChI is InChI=1S/C26H20O6/c1-29-20-11-7-12-21(30-2)24(20)26(28)31-18-14-15-19-23(16-18)32-22(25(19)27)13-6-10-17-8-4-3-5-9-17/h3-16H,1-2H3/b10-6+,22-13-. The molecule has 0 saturated carbocycles. The number of hydrogen-bond acceptors (Lipinski definition) is 6. The SMILES string of the molecule is COc1cccc(OC)c1C(=O)Oc1ccc2c(c1)O/C(=C\C=C\c1ccccc1)C2=O. The summed E-state index contributed by atoms with van der Waals surface area (Å²) in [5, 5.41) is 0. The predicted molar refractivity (Wildman–Crippen MR) is 119 cm³/mol. The molecule has 0 amide bonds. The van der Waals surface area contributed by atoms with Crippen LogP contribution in [-0.2, 0) is 0 Å². The smallest absolute Gasteiger partial charge is 0.351 e. The third kappa shape index (κ3) is 4.25. The molecule has 0 aromatic heterocycles. The van der Waals surface area contributed by atoms with Crippen LogP contribution in [0, 0.1) is 0 Å². The zero-order chi connectivity index (χ0) is 22.5. The van der Waals surface area contributed by atoms with Gasteiger partial charge in [-0.15, -0.1) is 0 Å². The first-order valence-electron chi connectivity index (χ1n) is 9.84. The van der Waals surface area contributed by atoms with E-state index in [0.717, 1.165) is 5.56 Å². The zero-order valence-electron chi connectivity index (χ0n) is 17.5. The van der Waals surface area contributed by atoms with E-state index < -0.39 is 5.97 Å². The highest BCUT2D eigenvalue weighted by molar-refractivity contribution is 6.12. The van der Waals surface area contributed by atoms with E-state index >= 15 is 0 Å². The molecule has 0 atom stereocenters. The number of carbonyl (C=O) groups is 2. The number of esters is 1. The van der Waals surface area contributed by atoms with Gasteiger partial charge in [-0.3, -0.25) is 4.79 Å². The van der Waals surface area contributed by atoms with Crippen molar-refractivity contribution in [3.8, 4) is 23.0 Å². The van der Waals surface area contributed by atoms with E-state index in [1.807, 2.05) is 36.4 Å². The van der Waals surface area contributed by atoms with Crippen LogP contribution in [0.1, 0.15) is 26.3 Å². The van der Waals surface area contributed by atoms with E-state index in [2.05, 4.69) is 0 Å². The van der Waals surface area contributed by atoms with Crippen LogP contribution >= 0.6 is 0 Å². The number of allylic oxidation sites excluding steroid dienone is 3. The van der Waals surface area contributed by atoms with Crippen LogP contribution in [-0.4, -0.2) is 26.0 Å². The monoisotopic (exact) mass is 428 g/mol. The molecule has 0 saturated heterocycles. The Morgan fingerprint density at radius 3 is 2.31 bits per heavy atom. The van der Waals surface area contributed by atoms with Crippen LogP contribution in [0.15, 0.2) is 84.6 Å². The molecule has 1 heterocycles. The normalized spacial score (nSPS) is 13.7. The molecule has 0 N–H and O–H groups in total. The number of Topliss-reactive ketones (excluding diaryl/α,β-unsaturated/α-hetero) is 1. The lowest BCUT2D eigenvalue weighted by molar-refractivity contribution is 0.0727. The Kier molecular flexibility index (Phi) is 6.03. The van der Waals surface area contributed by atoms with Gasteiger partial charge in [0.15, 0.2) is 5.76 Å². The minimum absolute atomic E-state index is 0.168. The topological polar surface area (TPSA) is 71.1 Å². The van der Waals surface area contributed by atoms with E-state index in [9.17, 15) is 9.59 Å². The maximum atomic E-state index is 12.8. The lowest BCUT2D eigenvalue weighted by Gasteiger charge is -2.12. The fraction of sp³-hybridized carbons (Fsp3) is 0.0769. The number of rotatable bonds is 6. The van der Waals surface area contributed by atoms with Gasteiger partial charge in [-0.05, 0) is 35.9 Å². The molecular weight excluding hydrogens is 408 g/mol. The Labute approximate surface area is 185 Å². The molecule has 3 aromatic carbocycles. The van der Waals surface area contributed by atoms with Crippen LogP contribution in [0.4, 0.5) is 0 Å². The van der Waals surface area contributed by atoms with Gasteiger partial charge in [0.1, 0.15) is 28.6 Å². The number of benzene rings is 3. The third-order valence-electron chi connectivity index (χ3n) is 4.82. The summed E-state index contributed by atoms with van der Waals surface area (Å²) in [4.78, 5) is 25.4. The number of hydrogen-bond donors (Lipinski definition) is 0. The van der Waals surface area contributed by atoms with Gasteiger partial charge in [0.05, 0.1) is 19.8 Å². The number of ether oxygens (including phenoxy) is 4. The van der Waals surface area contributed by atoms with Gasteiger partial charge < -0.3 is 18.9 Å². The molecule has 0 bridgehead atoms. The van der Waals surface area contributed by atoms with Gasteiger partial charge in [0, 0.05) is 6.07 Å². The summed E-state index contributed by atoms with van der Waals surface area (Å²) in [6.45, 7) is 0. The van der Waals surface area contributed by atoms with Gasteiger partial charge >= 0.3 is 5.97 Å². The van der Waals surface area contributed by atoms with Crippen LogP contribution in [0.5, 0.6) is 23.0 Å². The molecule has 4 rings (SSSR count). The van der Waals surface area contributed by atoms with E-state index in [4.69, 9.17) is 18.9 Å². The van der Waals surface area contributed by atoms with Crippen molar-refractivity contribution in [1.82, 2.24) is 0 Å². The van der Waals surface area contributed by atoms with E-state index in [-0.39, 0.29) is 22.9 Å². The summed E-state index contributed by atoms with van der Waals surface area (Å²) in [6.07, 6.45) is 5.24. The van der Waals surface area contributed by atoms with Gasteiger partial charge in [0.25, 0.3) is 0 Å². The number of fused-ring (bicyclic) bond motifs is 1. The molecule has 0 radical (unpaired) electrons.